The normalized spacial score (nSPS) is 15.0. The van der Waals surface area contributed by atoms with Crippen LogP contribution in [0.1, 0.15) is 51.2 Å². The van der Waals surface area contributed by atoms with Crippen LogP contribution in [-0.4, -0.2) is 5.11 Å². The Balaban J connectivity index is 2.03. The van der Waals surface area contributed by atoms with Crippen LogP contribution in [0.15, 0.2) is 54.6 Å². The number of ether oxygens (including phenoxy) is 1. The van der Waals surface area contributed by atoms with Gasteiger partial charge in [-0.1, -0.05) is 69.2 Å². The Bertz CT molecular complexity index is 573. The second kappa shape index (κ2) is 8.16. The maximum absolute atomic E-state index is 10.9. The van der Waals surface area contributed by atoms with Crippen molar-refractivity contribution >= 4 is 0 Å². The molecule has 0 fully saturated rings. The molecule has 2 nitrogen and oxygen atoms in total. The molecule has 1 N–H and O–H groups in total. The van der Waals surface area contributed by atoms with E-state index in [2.05, 4.69) is 26.0 Å². The molecule has 0 aliphatic heterocycles. The number of hydrogen-bond acceptors (Lipinski definition) is 2. The quantitative estimate of drug-likeness (QED) is 0.716. The van der Waals surface area contributed by atoms with E-state index in [1.165, 1.54) is 0 Å². The fourth-order valence-electron chi connectivity index (χ4n) is 3.10. The van der Waals surface area contributed by atoms with Gasteiger partial charge in [-0.3, -0.25) is 0 Å². The highest BCUT2D eigenvalue weighted by atomic mass is 16.5. The van der Waals surface area contributed by atoms with Crippen LogP contribution in [0.4, 0.5) is 0 Å². The molecule has 0 heterocycles. The fraction of sp³-hybridized carbons (Fsp3) is 0.429. The van der Waals surface area contributed by atoms with E-state index in [0.29, 0.717) is 6.61 Å². The summed E-state index contributed by atoms with van der Waals surface area (Å²) in [6, 6.07) is 18.0. The third kappa shape index (κ3) is 4.59. The second-order valence-electron chi connectivity index (χ2n) is 6.34. The van der Waals surface area contributed by atoms with Gasteiger partial charge in [-0.05, 0) is 42.5 Å². The molecule has 23 heavy (non-hydrogen) atoms. The summed E-state index contributed by atoms with van der Waals surface area (Å²) >= 11 is 0. The SMILES string of the molecule is CCCC(CC)C(C)(O)c1ccc(OCc2ccccc2)cc1. The van der Waals surface area contributed by atoms with E-state index in [9.17, 15) is 5.11 Å². The summed E-state index contributed by atoms with van der Waals surface area (Å²) in [5.74, 6) is 1.11. The van der Waals surface area contributed by atoms with E-state index in [1.807, 2.05) is 49.4 Å². The number of benzene rings is 2. The number of aliphatic hydroxyl groups is 1. The van der Waals surface area contributed by atoms with Gasteiger partial charge >= 0.3 is 0 Å². The van der Waals surface area contributed by atoms with Gasteiger partial charge in [0.2, 0.25) is 0 Å². The Labute approximate surface area is 140 Å². The first-order chi connectivity index (χ1) is 11.1. The van der Waals surface area contributed by atoms with Crippen LogP contribution in [0.5, 0.6) is 5.75 Å². The molecule has 0 radical (unpaired) electrons. The standard InChI is InChI=1S/C21H28O2/c1-4-9-18(5-2)21(3,22)19-12-14-20(15-13-19)23-16-17-10-7-6-8-11-17/h6-8,10-15,18,22H,4-5,9,16H2,1-3H3. The van der Waals surface area contributed by atoms with Crippen molar-refractivity contribution in [2.24, 2.45) is 5.92 Å². The van der Waals surface area contributed by atoms with Gasteiger partial charge in [-0.25, -0.2) is 0 Å². The van der Waals surface area contributed by atoms with Crippen molar-refractivity contribution in [2.45, 2.75) is 52.2 Å². The molecule has 0 saturated heterocycles. The molecule has 2 heteroatoms. The molecule has 0 aromatic heterocycles. The Hall–Kier alpha value is -1.80. The first-order valence-corrected chi connectivity index (χ1v) is 8.57. The highest BCUT2D eigenvalue weighted by molar-refractivity contribution is 5.31. The lowest BCUT2D eigenvalue weighted by atomic mass is 9.79. The lowest BCUT2D eigenvalue weighted by molar-refractivity contribution is -0.0118. The van der Waals surface area contributed by atoms with Gasteiger partial charge in [0.15, 0.2) is 0 Å². The minimum atomic E-state index is -0.789. The Morgan fingerprint density at radius 2 is 1.65 bits per heavy atom. The van der Waals surface area contributed by atoms with Gasteiger partial charge in [0.1, 0.15) is 12.4 Å². The molecule has 2 aromatic rings. The highest BCUT2D eigenvalue weighted by Crippen LogP contribution is 2.35. The maximum atomic E-state index is 10.9. The van der Waals surface area contributed by atoms with Crippen molar-refractivity contribution in [1.82, 2.24) is 0 Å². The number of rotatable bonds is 8. The predicted molar refractivity (Wildman–Crippen MR) is 95.5 cm³/mol. The zero-order valence-electron chi connectivity index (χ0n) is 14.5. The van der Waals surface area contributed by atoms with E-state index < -0.39 is 5.60 Å². The van der Waals surface area contributed by atoms with Gasteiger partial charge < -0.3 is 9.84 Å². The molecule has 124 valence electrons. The zero-order valence-corrected chi connectivity index (χ0v) is 14.5. The molecule has 2 unspecified atom stereocenters. The Kier molecular flexibility index (Phi) is 6.23. The predicted octanol–water partition coefficient (Wildman–Crippen LogP) is 5.30. The van der Waals surface area contributed by atoms with Crippen LogP contribution in [-0.2, 0) is 12.2 Å². The van der Waals surface area contributed by atoms with Crippen molar-refractivity contribution in [3.63, 3.8) is 0 Å². The van der Waals surface area contributed by atoms with Gasteiger partial charge in [0.25, 0.3) is 0 Å². The molecular weight excluding hydrogens is 284 g/mol. The van der Waals surface area contributed by atoms with E-state index in [0.717, 1.165) is 36.1 Å². The third-order valence-corrected chi connectivity index (χ3v) is 4.61. The van der Waals surface area contributed by atoms with Crippen molar-refractivity contribution in [3.05, 3.63) is 65.7 Å². The Morgan fingerprint density at radius 3 is 2.22 bits per heavy atom. The monoisotopic (exact) mass is 312 g/mol. The molecule has 0 amide bonds. The molecule has 0 saturated carbocycles. The molecule has 2 atom stereocenters. The molecule has 0 spiro atoms. The first kappa shape index (κ1) is 17.6. The number of hydrogen-bond donors (Lipinski definition) is 1. The second-order valence-corrected chi connectivity index (χ2v) is 6.34. The van der Waals surface area contributed by atoms with Gasteiger partial charge in [-0.2, -0.15) is 0 Å². The zero-order chi connectivity index (χ0) is 16.7. The van der Waals surface area contributed by atoms with Crippen LogP contribution in [0.25, 0.3) is 0 Å². The topological polar surface area (TPSA) is 29.5 Å². The minimum absolute atomic E-state index is 0.281. The molecule has 2 rings (SSSR count). The lowest BCUT2D eigenvalue weighted by Gasteiger charge is -2.33. The van der Waals surface area contributed by atoms with E-state index >= 15 is 0 Å². The molecule has 2 aromatic carbocycles. The molecule has 0 bridgehead atoms. The summed E-state index contributed by atoms with van der Waals surface area (Å²) < 4.78 is 5.81. The fourth-order valence-corrected chi connectivity index (χ4v) is 3.10. The summed E-state index contributed by atoms with van der Waals surface area (Å²) in [7, 11) is 0. The first-order valence-electron chi connectivity index (χ1n) is 8.57. The Morgan fingerprint density at radius 1 is 1.00 bits per heavy atom. The lowest BCUT2D eigenvalue weighted by Crippen LogP contribution is -2.31. The van der Waals surface area contributed by atoms with Crippen molar-refractivity contribution in [3.8, 4) is 5.75 Å². The van der Waals surface area contributed by atoms with Crippen LogP contribution < -0.4 is 4.74 Å². The van der Waals surface area contributed by atoms with Gasteiger partial charge in [-0.15, -0.1) is 0 Å². The molecule has 0 aliphatic carbocycles. The summed E-state index contributed by atoms with van der Waals surface area (Å²) in [6.45, 7) is 6.80. The minimum Gasteiger partial charge on any atom is -0.489 e. The smallest absolute Gasteiger partial charge is 0.119 e. The molecular formula is C21H28O2. The van der Waals surface area contributed by atoms with Crippen LogP contribution >= 0.6 is 0 Å². The van der Waals surface area contributed by atoms with Crippen LogP contribution in [0.3, 0.4) is 0 Å². The van der Waals surface area contributed by atoms with Crippen molar-refractivity contribution in [2.75, 3.05) is 0 Å². The maximum Gasteiger partial charge on any atom is 0.119 e. The summed E-state index contributed by atoms with van der Waals surface area (Å²) in [4.78, 5) is 0. The van der Waals surface area contributed by atoms with E-state index in [-0.39, 0.29) is 5.92 Å². The van der Waals surface area contributed by atoms with Gasteiger partial charge in [0.05, 0.1) is 5.60 Å². The van der Waals surface area contributed by atoms with Crippen molar-refractivity contribution in [1.29, 1.82) is 0 Å². The third-order valence-electron chi connectivity index (χ3n) is 4.61. The average Bonchev–Trinajstić information content (AvgIpc) is 2.59. The largest absolute Gasteiger partial charge is 0.489 e. The van der Waals surface area contributed by atoms with Crippen molar-refractivity contribution < 1.29 is 9.84 Å². The summed E-state index contributed by atoms with van der Waals surface area (Å²) in [5.41, 5.74) is 1.32. The van der Waals surface area contributed by atoms with Crippen LogP contribution in [0, 0.1) is 5.92 Å². The van der Waals surface area contributed by atoms with E-state index in [4.69, 9.17) is 4.74 Å². The van der Waals surface area contributed by atoms with Gasteiger partial charge in [0, 0.05) is 0 Å². The van der Waals surface area contributed by atoms with Crippen LogP contribution in [0.2, 0.25) is 0 Å². The van der Waals surface area contributed by atoms with E-state index in [1.54, 1.807) is 0 Å². The summed E-state index contributed by atoms with van der Waals surface area (Å²) in [5, 5.41) is 10.9. The molecule has 0 aliphatic rings. The highest BCUT2D eigenvalue weighted by Gasteiger charge is 2.31. The average molecular weight is 312 g/mol. The summed E-state index contributed by atoms with van der Waals surface area (Å²) in [6.07, 6.45) is 3.11.